The molecule has 0 fully saturated rings. The first-order chi connectivity index (χ1) is 13.9. The first kappa shape index (κ1) is 22.9. The number of aliphatic hydroxyl groups is 1. The van der Waals surface area contributed by atoms with Crippen molar-refractivity contribution in [2.45, 2.75) is 59.0 Å². The Bertz CT molecular complexity index is 754. The molecule has 1 atom stereocenters. The van der Waals surface area contributed by atoms with Crippen LogP contribution >= 0.6 is 0 Å². The molecule has 158 valence electrons. The van der Waals surface area contributed by atoms with Gasteiger partial charge >= 0.3 is 0 Å². The zero-order valence-electron chi connectivity index (χ0n) is 18.1. The standard InChI is InChI=1S/C24H35N3O2/c1-5-25-23(26-15-14-22(28)21-12-7-6-8-13-21)27-17-19-10-9-11-20(16-19)18-29-24(2,3)4/h6-13,16,22,28H,5,14-15,17-18H2,1-4H3,(H2,25,26,27). The number of aliphatic hydroxyl groups excluding tert-OH is 1. The van der Waals surface area contributed by atoms with Gasteiger partial charge in [-0.3, -0.25) is 0 Å². The minimum Gasteiger partial charge on any atom is -0.388 e. The molecule has 0 saturated heterocycles. The van der Waals surface area contributed by atoms with Crippen molar-refractivity contribution in [3.05, 3.63) is 71.3 Å². The molecule has 29 heavy (non-hydrogen) atoms. The number of ether oxygens (including phenoxy) is 1. The number of hydrogen-bond donors (Lipinski definition) is 3. The van der Waals surface area contributed by atoms with E-state index in [0.29, 0.717) is 26.1 Å². The molecule has 0 spiro atoms. The van der Waals surface area contributed by atoms with Gasteiger partial charge in [0.2, 0.25) is 0 Å². The second-order valence-electron chi connectivity index (χ2n) is 8.06. The number of nitrogens with zero attached hydrogens (tertiary/aromatic N) is 1. The second-order valence-corrected chi connectivity index (χ2v) is 8.06. The van der Waals surface area contributed by atoms with Crippen LogP contribution in [0.25, 0.3) is 0 Å². The SMILES string of the molecule is CCNC(=NCc1cccc(COC(C)(C)C)c1)NCCC(O)c1ccccc1. The summed E-state index contributed by atoms with van der Waals surface area (Å²) in [6, 6.07) is 18.1. The highest BCUT2D eigenvalue weighted by atomic mass is 16.5. The van der Waals surface area contributed by atoms with Crippen molar-refractivity contribution in [2.24, 2.45) is 4.99 Å². The summed E-state index contributed by atoms with van der Waals surface area (Å²) in [5, 5.41) is 16.9. The van der Waals surface area contributed by atoms with E-state index in [1.807, 2.05) is 43.3 Å². The molecule has 0 aliphatic carbocycles. The summed E-state index contributed by atoms with van der Waals surface area (Å²) in [7, 11) is 0. The van der Waals surface area contributed by atoms with Crippen LogP contribution in [0.4, 0.5) is 0 Å². The van der Waals surface area contributed by atoms with Crippen LogP contribution in [0.2, 0.25) is 0 Å². The van der Waals surface area contributed by atoms with Gasteiger partial charge in [0.25, 0.3) is 0 Å². The number of benzene rings is 2. The van der Waals surface area contributed by atoms with E-state index in [4.69, 9.17) is 4.74 Å². The van der Waals surface area contributed by atoms with Gasteiger partial charge in [-0.2, -0.15) is 0 Å². The second kappa shape index (κ2) is 11.6. The van der Waals surface area contributed by atoms with Gasteiger partial charge in [-0.25, -0.2) is 4.99 Å². The van der Waals surface area contributed by atoms with Crippen LogP contribution in [0, 0.1) is 0 Å². The van der Waals surface area contributed by atoms with Crippen LogP contribution in [0.15, 0.2) is 59.6 Å². The number of guanidine groups is 1. The molecular weight excluding hydrogens is 362 g/mol. The molecule has 3 N–H and O–H groups in total. The first-order valence-corrected chi connectivity index (χ1v) is 10.3. The molecular formula is C24H35N3O2. The lowest BCUT2D eigenvalue weighted by molar-refractivity contribution is -0.0149. The van der Waals surface area contributed by atoms with Crippen molar-refractivity contribution in [3.63, 3.8) is 0 Å². The highest BCUT2D eigenvalue weighted by Crippen LogP contribution is 2.15. The summed E-state index contributed by atoms with van der Waals surface area (Å²) in [5.74, 6) is 0.754. The fourth-order valence-electron chi connectivity index (χ4n) is 2.80. The van der Waals surface area contributed by atoms with Crippen molar-refractivity contribution >= 4 is 5.96 Å². The summed E-state index contributed by atoms with van der Waals surface area (Å²) in [6.45, 7) is 10.8. The van der Waals surface area contributed by atoms with Crippen molar-refractivity contribution in [1.29, 1.82) is 0 Å². The molecule has 2 aromatic carbocycles. The van der Waals surface area contributed by atoms with E-state index in [0.717, 1.165) is 29.2 Å². The molecule has 0 radical (unpaired) electrons. The Labute approximate surface area is 175 Å². The Morgan fingerprint density at radius 2 is 1.76 bits per heavy atom. The van der Waals surface area contributed by atoms with Gasteiger partial charge in [0, 0.05) is 13.1 Å². The van der Waals surface area contributed by atoms with Crippen molar-refractivity contribution in [1.82, 2.24) is 10.6 Å². The summed E-state index contributed by atoms with van der Waals surface area (Å²) in [5.41, 5.74) is 3.07. The molecule has 5 heteroatoms. The number of hydrogen-bond acceptors (Lipinski definition) is 3. The van der Waals surface area contributed by atoms with Gasteiger partial charge < -0.3 is 20.5 Å². The molecule has 5 nitrogen and oxygen atoms in total. The minimum absolute atomic E-state index is 0.152. The molecule has 0 amide bonds. The van der Waals surface area contributed by atoms with Gasteiger partial charge in [-0.1, -0.05) is 54.6 Å². The summed E-state index contributed by atoms with van der Waals surface area (Å²) >= 11 is 0. The monoisotopic (exact) mass is 397 g/mol. The summed E-state index contributed by atoms with van der Waals surface area (Å²) in [6.07, 6.45) is 0.139. The highest BCUT2D eigenvalue weighted by Gasteiger charge is 2.10. The van der Waals surface area contributed by atoms with Crippen molar-refractivity contribution in [2.75, 3.05) is 13.1 Å². The van der Waals surface area contributed by atoms with Gasteiger partial charge in [-0.15, -0.1) is 0 Å². The number of nitrogens with one attached hydrogen (secondary N) is 2. The predicted octanol–water partition coefficient (Wildman–Crippen LogP) is 4.18. The Kier molecular flexibility index (Phi) is 9.16. The lowest BCUT2D eigenvalue weighted by atomic mass is 10.1. The van der Waals surface area contributed by atoms with Gasteiger partial charge in [0.1, 0.15) is 0 Å². The average molecular weight is 398 g/mol. The largest absolute Gasteiger partial charge is 0.388 e. The molecule has 2 rings (SSSR count). The quantitative estimate of drug-likeness (QED) is 0.439. The van der Waals surface area contributed by atoms with E-state index in [-0.39, 0.29) is 5.60 Å². The van der Waals surface area contributed by atoms with Gasteiger partial charge in [0.15, 0.2) is 5.96 Å². The maximum absolute atomic E-state index is 10.3. The Morgan fingerprint density at radius 3 is 2.45 bits per heavy atom. The Hall–Kier alpha value is -2.37. The summed E-state index contributed by atoms with van der Waals surface area (Å²) < 4.78 is 5.86. The fraction of sp³-hybridized carbons (Fsp3) is 0.458. The first-order valence-electron chi connectivity index (χ1n) is 10.3. The maximum Gasteiger partial charge on any atom is 0.191 e. The van der Waals surface area contributed by atoms with E-state index < -0.39 is 6.10 Å². The fourth-order valence-corrected chi connectivity index (χ4v) is 2.80. The third-order valence-electron chi connectivity index (χ3n) is 4.32. The summed E-state index contributed by atoms with van der Waals surface area (Å²) in [4.78, 5) is 4.68. The van der Waals surface area contributed by atoms with Crippen LogP contribution in [0.3, 0.4) is 0 Å². The molecule has 0 aliphatic heterocycles. The van der Waals surface area contributed by atoms with Crippen LogP contribution in [-0.2, 0) is 17.9 Å². The highest BCUT2D eigenvalue weighted by molar-refractivity contribution is 5.79. The minimum atomic E-state index is -0.480. The third-order valence-corrected chi connectivity index (χ3v) is 4.32. The average Bonchev–Trinajstić information content (AvgIpc) is 2.71. The molecule has 0 saturated carbocycles. The van der Waals surface area contributed by atoms with E-state index in [1.165, 1.54) is 0 Å². The van der Waals surface area contributed by atoms with E-state index in [1.54, 1.807) is 0 Å². The van der Waals surface area contributed by atoms with Gasteiger partial charge in [0.05, 0.1) is 24.9 Å². The van der Waals surface area contributed by atoms with Crippen LogP contribution < -0.4 is 10.6 Å². The van der Waals surface area contributed by atoms with Gasteiger partial charge in [-0.05, 0) is 50.8 Å². The lowest BCUT2D eigenvalue weighted by Gasteiger charge is -2.19. The zero-order chi connectivity index (χ0) is 21.1. The van der Waals surface area contributed by atoms with E-state index in [9.17, 15) is 5.11 Å². The molecule has 0 aliphatic rings. The van der Waals surface area contributed by atoms with Crippen molar-refractivity contribution in [3.8, 4) is 0 Å². The number of rotatable bonds is 9. The lowest BCUT2D eigenvalue weighted by Crippen LogP contribution is -2.38. The Balaban J connectivity index is 1.88. The predicted molar refractivity (Wildman–Crippen MR) is 120 cm³/mol. The third kappa shape index (κ3) is 9.11. The van der Waals surface area contributed by atoms with Crippen LogP contribution in [0.5, 0.6) is 0 Å². The van der Waals surface area contributed by atoms with Crippen molar-refractivity contribution < 1.29 is 9.84 Å². The number of aliphatic imine (C=N–C) groups is 1. The van der Waals surface area contributed by atoms with Crippen LogP contribution in [0.1, 0.15) is 56.9 Å². The normalized spacial score (nSPS) is 13.2. The molecule has 0 bridgehead atoms. The molecule has 1 unspecified atom stereocenters. The molecule has 2 aromatic rings. The van der Waals surface area contributed by atoms with E-state index >= 15 is 0 Å². The topological polar surface area (TPSA) is 65.9 Å². The molecule has 0 heterocycles. The Morgan fingerprint density at radius 1 is 1.03 bits per heavy atom. The zero-order valence-corrected chi connectivity index (χ0v) is 18.1. The van der Waals surface area contributed by atoms with E-state index in [2.05, 4.69) is 54.6 Å². The van der Waals surface area contributed by atoms with Crippen LogP contribution in [-0.4, -0.2) is 29.8 Å². The maximum atomic E-state index is 10.3. The smallest absolute Gasteiger partial charge is 0.191 e. The molecule has 0 aromatic heterocycles.